The van der Waals surface area contributed by atoms with E-state index in [4.69, 9.17) is 9.84 Å². The number of carbonyl (C=O) groups is 1. The van der Waals surface area contributed by atoms with Gasteiger partial charge in [0.25, 0.3) is 0 Å². The Bertz CT molecular complexity index is 965. The number of aryl methyl sites for hydroxylation is 1. The Morgan fingerprint density at radius 3 is 2.77 bits per heavy atom. The smallest absolute Gasteiger partial charge is 0.404 e. The number of anilines is 2. The van der Waals surface area contributed by atoms with Crippen molar-refractivity contribution in [2.75, 3.05) is 11.9 Å². The van der Waals surface area contributed by atoms with Gasteiger partial charge in [0, 0.05) is 57.7 Å². The van der Waals surface area contributed by atoms with Gasteiger partial charge in [0.1, 0.15) is 6.73 Å². The number of pyridine rings is 1. The van der Waals surface area contributed by atoms with Crippen molar-refractivity contribution in [2.24, 2.45) is 7.05 Å². The monoisotopic (exact) mass is 447 g/mol. The van der Waals surface area contributed by atoms with Crippen LogP contribution in [0.5, 0.6) is 0 Å². The first-order valence-electron chi connectivity index (χ1n) is 10.7. The van der Waals surface area contributed by atoms with Gasteiger partial charge in [-0.3, -0.25) is 4.79 Å². The molecule has 3 rings (SSSR count). The summed E-state index contributed by atoms with van der Waals surface area (Å²) in [4.78, 5) is 22.6. The fraction of sp³-hybridized carbons (Fsp3) is 0.571. The van der Waals surface area contributed by atoms with Crippen molar-refractivity contribution in [3.05, 3.63) is 40.4 Å². The van der Waals surface area contributed by atoms with Crippen LogP contribution in [0.4, 0.5) is 16.3 Å². The maximum atomic E-state index is 11.6. The number of nitrogens with zero attached hydrogens (tertiary/aromatic N) is 3. The summed E-state index contributed by atoms with van der Waals surface area (Å²) in [7, 11) is 0.532. The zero-order valence-corrected chi connectivity index (χ0v) is 19.7. The second kappa shape index (κ2) is 9.69. The second-order valence-electron chi connectivity index (χ2n) is 9.45. The van der Waals surface area contributed by atoms with Gasteiger partial charge in [-0.25, -0.2) is 9.48 Å². The topological polar surface area (TPSA) is 110 Å². The number of carboxylic acid groups (broad SMARTS) is 1. The molecule has 1 aliphatic carbocycles. The number of aromatic nitrogens is 3. The van der Waals surface area contributed by atoms with Crippen molar-refractivity contribution in [2.45, 2.75) is 63.6 Å². The van der Waals surface area contributed by atoms with Gasteiger partial charge in [-0.2, -0.15) is 5.10 Å². The average molecular weight is 448 g/mol. The van der Waals surface area contributed by atoms with Crippen LogP contribution in [-0.2, 0) is 18.5 Å². The molecule has 1 saturated carbocycles. The third kappa shape index (κ3) is 6.69. The molecule has 0 aromatic carbocycles. The zero-order valence-electron chi connectivity index (χ0n) is 18.7. The van der Waals surface area contributed by atoms with E-state index in [1.54, 1.807) is 19.3 Å². The SMILES string of the molecule is Cn1cc(Nc2cc([C@H]3CCC(NC(=O)O)C3)n(COCC[Si](C)(C)C)n2)ccc1=O. The first-order chi connectivity index (χ1) is 14.6. The normalized spacial score (nSPS) is 18.8. The Hall–Kier alpha value is -2.59. The highest BCUT2D eigenvalue weighted by molar-refractivity contribution is 6.76. The van der Waals surface area contributed by atoms with E-state index < -0.39 is 14.2 Å². The molecule has 2 heterocycles. The molecule has 10 heteroatoms. The highest BCUT2D eigenvalue weighted by atomic mass is 28.3. The van der Waals surface area contributed by atoms with E-state index in [2.05, 4.69) is 35.4 Å². The molecule has 2 aromatic rings. The van der Waals surface area contributed by atoms with E-state index in [0.717, 1.165) is 36.7 Å². The predicted octanol–water partition coefficient (Wildman–Crippen LogP) is 3.54. The summed E-state index contributed by atoms with van der Waals surface area (Å²) in [5.41, 5.74) is 1.74. The molecule has 0 radical (unpaired) electrons. The van der Waals surface area contributed by atoms with Crippen LogP contribution in [0.25, 0.3) is 0 Å². The van der Waals surface area contributed by atoms with Crippen molar-refractivity contribution in [1.29, 1.82) is 0 Å². The summed E-state index contributed by atoms with van der Waals surface area (Å²) >= 11 is 0. The van der Waals surface area contributed by atoms with Gasteiger partial charge in [0.15, 0.2) is 5.82 Å². The van der Waals surface area contributed by atoms with Crippen LogP contribution in [0.15, 0.2) is 29.2 Å². The number of hydrogen-bond acceptors (Lipinski definition) is 5. The molecule has 1 amide bonds. The number of hydrogen-bond donors (Lipinski definition) is 3. The molecule has 9 nitrogen and oxygen atoms in total. The molecule has 2 atom stereocenters. The summed E-state index contributed by atoms with van der Waals surface area (Å²) in [5.74, 6) is 0.887. The largest absolute Gasteiger partial charge is 0.465 e. The number of amides is 1. The van der Waals surface area contributed by atoms with Crippen LogP contribution in [0.3, 0.4) is 0 Å². The van der Waals surface area contributed by atoms with Crippen molar-refractivity contribution in [3.8, 4) is 0 Å². The van der Waals surface area contributed by atoms with Gasteiger partial charge in [-0.15, -0.1) is 0 Å². The van der Waals surface area contributed by atoms with Gasteiger partial charge in [-0.1, -0.05) is 19.6 Å². The van der Waals surface area contributed by atoms with E-state index in [9.17, 15) is 9.59 Å². The van der Waals surface area contributed by atoms with Crippen LogP contribution < -0.4 is 16.2 Å². The van der Waals surface area contributed by atoms with Crippen molar-refractivity contribution >= 4 is 25.7 Å². The molecule has 3 N–H and O–H groups in total. The molecule has 0 spiro atoms. The van der Waals surface area contributed by atoms with E-state index in [1.807, 2.05) is 10.7 Å². The highest BCUT2D eigenvalue weighted by Crippen LogP contribution is 2.36. The Balaban J connectivity index is 1.75. The summed E-state index contributed by atoms with van der Waals surface area (Å²) in [6.45, 7) is 8.02. The molecule has 1 unspecified atom stereocenters. The molecule has 1 aliphatic rings. The molecule has 0 aliphatic heterocycles. The highest BCUT2D eigenvalue weighted by Gasteiger charge is 2.30. The third-order valence-electron chi connectivity index (χ3n) is 5.56. The van der Waals surface area contributed by atoms with Crippen LogP contribution in [0.2, 0.25) is 25.7 Å². The minimum atomic E-state index is -1.17. The van der Waals surface area contributed by atoms with E-state index in [-0.39, 0.29) is 17.5 Å². The lowest BCUT2D eigenvalue weighted by Gasteiger charge is -2.17. The molecule has 0 saturated heterocycles. The lowest BCUT2D eigenvalue weighted by molar-refractivity contribution is 0.0758. The Morgan fingerprint density at radius 2 is 2.10 bits per heavy atom. The second-order valence-corrected chi connectivity index (χ2v) is 15.1. The zero-order chi connectivity index (χ0) is 22.6. The van der Waals surface area contributed by atoms with Gasteiger partial charge in [-0.05, 0) is 31.4 Å². The van der Waals surface area contributed by atoms with Gasteiger partial charge in [0.05, 0.1) is 5.69 Å². The molecule has 0 bridgehead atoms. The van der Waals surface area contributed by atoms with Crippen LogP contribution in [0.1, 0.15) is 30.9 Å². The Morgan fingerprint density at radius 1 is 1.32 bits per heavy atom. The summed E-state index contributed by atoms with van der Waals surface area (Å²) in [5, 5.41) is 19.6. The molecular weight excluding hydrogens is 414 g/mol. The number of rotatable bonds is 9. The Kier molecular flexibility index (Phi) is 7.21. The number of ether oxygens (including phenoxy) is 1. The van der Waals surface area contributed by atoms with Crippen LogP contribution >= 0.6 is 0 Å². The predicted molar refractivity (Wildman–Crippen MR) is 123 cm³/mol. The van der Waals surface area contributed by atoms with Crippen molar-refractivity contribution in [1.82, 2.24) is 19.7 Å². The summed E-state index contributed by atoms with van der Waals surface area (Å²) in [6, 6.07) is 6.28. The minimum absolute atomic E-state index is 0.0429. The number of nitrogens with one attached hydrogen (secondary N) is 2. The van der Waals surface area contributed by atoms with E-state index in [1.165, 1.54) is 10.6 Å². The maximum absolute atomic E-state index is 11.6. The average Bonchev–Trinajstić information content (AvgIpc) is 3.27. The molecule has 1 fully saturated rings. The fourth-order valence-corrected chi connectivity index (χ4v) is 4.58. The van der Waals surface area contributed by atoms with Gasteiger partial charge in [0.2, 0.25) is 5.56 Å². The van der Waals surface area contributed by atoms with Crippen LogP contribution in [-0.4, -0.2) is 46.3 Å². The lowest BCUT2D eigenvalue weighted by Crippen LogP contribution is -2.31. The first-order valence-corrected chi connectivity index (χ1v) is 14.4. The van der Waals surface area contributed by atoms with Crippen molar-refractivity contribution < 1.29 is 14.6 Å². The molecule has 170 valence electrons. The quantitative estimate of drug-likeness (QED) is 0.401. The van der Waals surface area contributed by atoms with E-state index in [0.29, 0.717) is 19.2 Å². The van der Waals surface area contributed by atoms with Gasteiger partial charge < -0.3 is 25.0 Å². The fourth-order valence-electron chi connectivity index (χ4n) is 3.83. The summed E-state index contributed by atoms with van der Waals surface area (Å²) < 4.78 is 9.33. The standard InChI is InChI=1S/C21H33N5O4Si/c1-25-13-17(7-8-20(25)27)22-19-12-18(15-5-6-16(11-15)23-21(28)29)26(24-19)14-30-9-10-31(2,3)4/h7-8,12-13,15-16,23H,5-6,9-11,14H2,1-4H3,(H,22,24)(H,28,29)/t15-,16?/m0/s1. The maximum Gasteiger partial charge on any atom is 0.404 e. The molecule has 31 heavy (non-hydrogen) atoms. The first kappa shape index (κ1) is 23.1. The van der Waals surface area contributed by atoms with Gasteiger partial charge >= 0.3 is 6.09 Å². The molecule has 2 aromatic heterocycles. The lowest BCUT2D eigenvalue weighted by atomic mass is 10.0. The minimum Gasteiger partial charge on any atom is -0.465 e. The summed E-state index contributed by atoms with van der Waals surface area (Å²) in [6.07, 6.45) is 3.19. The van der Waals surface area contributed by atoms with Crippen LogP contribution in [0, 0.1) is 0 Å². The third-order valence-corrected chi connectivity index (χ3v) is 7.26. The van der Waals surface area contributed by atoms with Crippen molar-refractivity contribution in [3.63, 3.8) is 0 Å². The Labute approximate surface area is 183 Å². The van der Waals surface area contributed by atoms with E-state index >= 15 is 0 Å². The molecular formula is C21H33N5O4Si.